The van der Waals surface area contributed by atoms with Crippen LogP contribution in [-0.2, 0) is 9.53 Å². The Hall–Kier alpha value is -2.29. The van der Waals surface area contributed by atoms with Gasteiger partial charge < -0.3 is 9.47 Å². The molecule has 0 aliphatic rings. The van der Waals surface area contributed by atoms with E-state index in [-0.39, 0.29) is 12.1 Å². The zero-order valence-electron chi connectivity index (χ0n) is 18.4. The molecule has 158 valence electrons. The van der Waals surface area contributed by atoms with E-state index in [4.69, 9.17) is 9.47 Å². The van der Waals surface area contributed by atoms with Gasteiger partial charge in [-0.2, -0.15) is 0 Å². The maximum Gasteiger partial charge on any atom is 0.306 e. The zero-order valence-corrected chi connectivity index (χ0v) is 18.4. The van der Waals surface area contributed by atoms with Crippen molar-refractivity contribution in [2.75, 3.05) is 6.61 Å². The van der Waals surface area contributed by atoms with E-state index in [0.29, 0.717) is 12.3 Å². The predicted molar refractivity (Wildman–Crippen MR) is 120 cm³/mol. The monoisotopic (exact) mass is 396 g/mol. The Kier molecular flexibility index (Phi) is 9.76. The van der Waals surface area contributed by atoms with Gasteiger partial charge in [-0.3, -0.25) is 4.79 Å². The van der Waals surface area contributed by atoms with Gasteiger partial charge in [0.05, 0.1) is 6.61 Å². The Morgan fingerprint density at radius 1 is 0.862 bits per heavy atom. The molecule has 0 aliphatic carbocycles. The highest BCUT2D eigenvalue weighted by molar-refractivity contribution is 5.70. The van der Waals surface area contributed by atoms with Gasteiger partial charge in [0, 0.05) is 6.42 Å². The van der Waals surface area contributed by atoms with Crippen LogP contribution in [0.3, 0.4) is 0 Å². The SMILES string of the molecule is CCCCCCOc1ccc(-c2ccc(C(C)OC(=O)CC(C)CC)cc2)cc1. The van der Waals surface area contributed by atoms with Crippen molar-refractivity contribution < 1.29 is 14.3 Å². The summed E-state index contributed by atoms with van der Waals surface area (Å²) in [4.78, 5) is 12.0. The second-order valence-electron chi connectivity index (χ2n) is 7.91. The van der Waals surface area contributed by atoms with Gasteiger partial charge >= 0.3 is 5.97 Å². The van der Waals surface area contributed by atoms with Crippen molar-refractivity contribution in [3.63, 3.8) is 0 Å². The fourth-order valence-corrected chi connectivity index (χ4v) is 3.15. The predicted octanol–water partition coefficient (Wildman–Crippen LogP) is 7.35. The van der Waals surface area contributed by atoms with Crippen molar-refractivity contribution in [3.8, 4) is 16.9 Å². The van der Waals surface area contributed by atoms with Gasteiger partial charge in [-0.25, -0.2) is 0 Å². The van der Waals surface area contributed by atoms with Crippen molar-refractivity contribution in [3.05, 3.63) is 54.1 Å². The van der Waals surface area contributed by atoms with E-state index in [1.54, 1.807) is 0 Å². The molecule has 3 nitrogen and oxygen atoms in total. The number of ether oxygens (including phenoxy) is 2. The van der Waals surface area contributed by atoms with Gasteiger partial charge in [0.25, 0.3) is 0 Å². The van der Waals surface area contributed by atoms with Crippen LogP contribution in [0, 0.1) is 5.92 Å². The number of carbonyl (C=O) groups is 1. The van der Waals surface area contributed by atoms with Gasteiger partial charge in [0.15, 0.2) is 0 Å². The van der Waals surface area contributed by atoms with E-state index < -0.39 is 0 Å². The number of unbranched alkanes of at least 4 members (excludes halogenated alkanes) is 3. The summed E-state index contributed by atoms with van der Waals surface area (Å²) in [5.41, 5.74) is 3.30. The number of rotatable bonds is 12. The molecule has 0 spiro atoms. The summed E-state index contributed by atoms with van der Waals surface area (Å²) in [6.07, 6.45) is 6.08. The summed E-state index contributed by atoms with van der Waals surface area (Å²) in [7, 11) is 0. The van der Waals surface area contributed by atoms with Crippen LogP contribution in [0.15, 0.2) is 48.5 Å². The Morgan fingerprint density at radius 3 is 2.07 bits per heavy atom. The average molecular weight is 397 g/mol. The van der Waals surface area contributed by atoms with Crippen LogP contribution in [0.4, 0.5) is 0 Å². The third-order valence-corrected chi connectivity index (χ3v) is 5.35. The summed E-state index contributed by atoms with van der Waals surface area (Å²) < 4.78 is 11.4. The van der Waals surface area contributed by atoms with Crippen molar-refractivity contribution in [2.45, 2.75) is 72.3 Å². The van der Waals surface area contributed by atoms with Crippen molar-refractivity contribution in [1.82, 2.24) is 0 Å². The molecule has 2 aromatic rings. The number of carbonyl (C=O) groups excluding carboxylic acids is 1. The molecule has 0 amide bonds. The molecular formula is C26H36O3. The van der Waals surface area contributed by atoms with Gasteiger partial charge in [0.1, 0.15) is 11.9 Å². The maximum atomic E-state index is 12.0. The van der Waals surface area contributed by atoms with E-state index >= 15 is 0 Å². The molecule has 29 heavy (non-hydrogen) atoms. The first kappa shape index (κ1) is 23.0. The number of esters is 1. The second-order valence-corrected chi connectivity index (χ2v) is 7.91. The summed E-state index contributed by atoms with van der Waals surface area (Å²) in [6.45, 7) is 9.08. The molecule has 2 rings (SSSR count). The maximum absolute atomic E-state index is 12.0. The highest BCUT2D eigenvalue weighted by Crippen LogP contribution is 2.26. The first-order valence-electron chi connectivity index (χ1n) is 11.1. The smallest absolute Gasteiger partial charge is 0.306 e. The Morgan fingerprint density at radius 2 is 1.48 bits per heavy atom. The van der Waals surface area contributed by atoms with Crippen molar-refractivity contribution in [1.29, 1.82) is 0 Å². The molecule has 0 N–H and O–H groups in total. The highest BCUT2D eigenvalue weighted by atomic mass is 16.5. The van der Waals surface area contributed by atoms with Crippen molar-refractivity contribution in [2.24, 2.45) is 5.92 Å². The minimum Gasteiger partial charge on any atom is -0.494 e. The fourth-order valence-electron chi connectivity index (χ4n) is 3.15. The van der Waals surface area contributed by atoms with E-state index in [1.807, 2.05) is 31.2 Å². The van der Waals surface area contributed by atoms with Gasteiger partial charge in [-0.1, -0.05) is 82.9 Å². The average Bonchev–Trinajstić information content (AvgIpc) is 2.74. The summed E-state index contributed by atoms with van der Waals surface area (Å²) in [5.74, 6) is 1.16. The molecule has 0 heterocycles. The third kappa shape index (κ3) is 7.92. The standard InChI is InChI=1S/C26H36O3/c1-5-7-8-9-18-28-25-16-14-24(15-17-25)23-12-10-22(11-13-23)21(4)29-26(27)19-20(3)6-2/h10-17,20-21H,5-9,18-19H2,1-4H3. The summed E-state index contributed by atoms with van der Waals surface area (Å²) in [6, 6.07) is 16.5. The Balaban J connectivity index is 1.88. The quantitative estimate of drug-likeness (QED) is 0.278. The molecular weight excluding hydrogens is 360 g/mol. The minimum absolute atomic E-state index is 0.124. The summed E-state index contributed by atoms with van der Waals surface area (Å²) >= 11 is 0. The molecule has 0 fully saturated rings. The fraction of sp³-hybridized carbons (Fsp3) is 0.500. The molecule has 0 bridgehead atoms. The molecule has 0 aliphatic heterocycles. The molecule has 2 aromatic carbocycles. The number of hydrogen-bond acceptors (Lipinski definition) is 3. The largest absolute Gasteiger partial charge is 0.494 e. The van der Waals surface area contributed by atoms with Crippen LogP contribution >= 0.6 is 0 Å². The van der Waals surface area contributed by atoms with Crippen LogP contribution in [0.5, 0.6) is 5.75 Å². The van der Waals surface area contributed by atoms with Gasteiger partial charge in [-0.05, 0) is 48.1 Å². The first-order chi connectivity index (χ1) is 14.0. The lowest BCUT2D eigenvalue weighted by Gasteiger charge is -2.16. The first-order valence-corrected chi connectivity index (χ1v) is 11.1. The zero-order chi connectivity index (χ0) is 21.1. The van der Waals surface area contributed by atoms with Crippen LogP contribution in [0.2, 0.25) is 0 Å². The van der Waals surface area contributed by atoms with Crippen LogP contribution in [0.25, 0.3) is 11.1 Å². The Labute approximate surface area is 176 Å². The van der Waals surface area contributed by atoms with Gasteiger partial charge in [-0.15, -0.1) is 0 Å². The molecule has 2 atom stereocenters. The van der Waals surface area contributed by atoms with Crippen LogP contribution in [-0.4, -0.2) is 12.6 Å². The Bertz CT molecular complexity index is 719. The van der Waals surface area contributed by atoms with Crippen LogP contribution in [0.1, 0.15) is 77.9 Å². The lowest BCUT2D eigenvalue weighted by atomic mass is 10.0. The van der Waals surface area contributed by atoms with E-state index in [0.717, 1.165) is 41.9 Å². The van der Waals surface area contributed by atoms with Gasteiger partial charge in [0.2, 0.25) is 0 Å². The summed E-state index contributed by atoms with van der Waals surface area (Å²) in [5, 5.41) is 0. The lowest BCUT2D eigenvalue weighted by molar-refractivity contribution is -0.149. The third-order valence-electron chi connectivity index (χ3n) is 5.35. The number of hydrogen-bond donors (Lipinski definition) is 0. The van der Waals surface area contributed by atoms with E-state index in [1.165, 1.54) is 19.3 Å². The van der Waals surface area contributed by atoms with E-state index in [2.05, 4.69) is 45.0 Å². The minimum atomic E-state index is -0.232. The lowest BCUT2D eigenvalue weighted by Crippen LogP contribution is -2.12. The highest BCUT2D eigenvalue weighted by Gasteiger charge is 2.14. The molecule has 0 radical (unpaired) electrons. The molecule has 3 heteroatoms. The molecule has 0 aromatic heterocycles. The topological polar surface area (TPSA) is 35.5 Å². The second kappa shape index (κ2) is 12.3. The normalized spacial score (nSPS) is 13.0. The molecule has 0 saturated heterocycles. The molecule has 0 saturated carbocycles. The van der Waals surface area contributed by atoms with E-state index in [9.17, 15) is 4.79 Å². The van der Waals surface area contributed by atoms with Crippen LogP contribution < -0.4 is 4.74 Å². The molecule has 2 unspecified atom stereocenters. The van der Waals surface area contributed by atoms with Crippen molar-refractivity contribution >= 4 is 5.97 Å². The number of benzene rings is 2.